The van der Waals surface area contributed by atoms with Crippen LogP contribution in [0.2, 0.25) is 0 Å². The Kier molecular flexibility index (Phi) is 10.9. The lowest BCUT2D eigenvalue weighted by Gasteiger charge is -2.23. The summed E-state index contributed by atoms with van der Waals surface area (Å²) in [4.78, 5) is 47.9. The monoisotopic (exact) mass is 633 g/mol. The molecule has 2 aromatic carbocycles. The second kappa shape index (κ2) is 15.4. The first-order valence-corrected chi connectivity index (χ1v) is 15.8. The molecule has 0 bridgehead atoms. The van der Waals surface area contributed by atoms with Crippen LogP contribution in [0.5, 0.6) is 0 Å². The summed E-state index contributed by atoms with van der Waals surface area (Å²) in [5.41, 5.74) is 3.12. The van der Waals surface area contributed by atoms with Gasteiger partial charge in [0.1, 0.15) is 11.4 Å². The van der Waals surface area contributed by atoms with E-state index < -0.39 is 16.8 Å². The average molecular weight is 634 g/mol. The van der Waals surface area contributed by atoms with Crippen LogP contribution >= 0.6 is 0 Å². The fourth-order valence-electron chi connectivity index (χ4n) is 5.83. The lowest BCUT2D eigenvalue weighted by molar-refractivity contribution is -0.757. The molecule has 0 atom stereocenters. The number of carbonyl (C=O) groups excluding carboxylic acids is 2. The van der Waals surface area contributed by atoms with Crippen LogP contribution in [0.1, 0.15) is 76.7 Å². The van der Waals surface area contributed by atoms with Gasteiger partial charge < -0.3 is 14.3 Å². The first-order valence-electron chi connectivity index (χ1n) is 15.8. The van der Waals surface area contributed by atoms with Gasteiger partial charge in [0.05, 0.1) is 19.8 Å². The van der Waals surface area contributed by atoms with Gasteiger partial charge in [-0.15, -0.1) is 25.1 Å². The molecule has 0 saturated heterocycles. The highest BCUT2D eigenvalue weighted by Gasteiger charge is 2.49. The van der Waals surface area contributed by atoms with E-state index in [1.165, 1.54) is 0 Å². The number of amidine groups is 1. The van der Waals surface area contributed by atoms with Crippen molar-refractivity contribution in [1.29, 1.82) is 0 Å². The molecule has 1 aliphatic carbocycles. The number of ether oxygens (including phenoxy) is 2. The number of benzene rings is 2. The first-order chi connectivity index (χ1) is 22.4. The molecule has 14 heteroatoms. The van der Waals surface area contributed by atoms with E-state index in [2.05, 4.69) is 27.2 Å². The summed E-state index contributed by atoms with van der Waals surface area (Å²) in [5, 5.41) is 21.8. The lowest BCUT2D eigenvalue weighted by atomic mass is 9.97. The van der Waals surface area contributed by atoms with Gasteiger partial charge in [-0.3, -0.25) is 14.7 Å². The Morgan fingerprint density at radius 2 is 1.72 bits per heavy atom. The Labute approximate surface area is 266 Å². The van der Waals surface area contributed by atoms with Gasteiger partial charge in [-0.1, -0.05) is 74.7 Å². The zero-order chi connectivity index (χ0) is 32.4. The first kappa shape index (κ1) is 32.5. The van der Waals surface area contributed by atoms with Gasteiger partial charge in [0, 0.05) is 12.0 Å². The molecular formula is C32H39N7O7. The molecular weight excluding hydrogens is 594 g/mol. The standard InChI is InChI=1S/C32H39N7O7/c1-2-3-13-28-33-32(18-7-8-19-32)30(40)37(28)22-24-14-16-25(17-15-24)26-11-5-6-12-27(26)29-34-36-38(35-29)23-45-31(41)44-20-9-4-10-21-46-39(42)43/h5-6,11-12,14-17H,2-4,7-10,13,18-23H2,1H3. The molecule has 0 N–H and O–H groups in total. The van der Waals surface area contributed by atoms with Crippen molar-refractivity contribution < 1.29 is 29.0 Å². The number of tetrazole rings is 1. The highest BCUT2D eigenvalue weighted by atomic mass is 16.9. The van der Waals surface area contributed by atoms with Gasteiger partial charge in [0.25, 0.3) is 11.0 Å². The third kappa shape index (κ3) is 8.03. The minimum atomic E-state index is -0.876. The SMILES string of the molecule is CCCCC1=NC2(CCCC2)C(=O)N1Cc1ccc(-c2ccccc2-c2nnn(COC(=O)OCCCCCO[N+](=O)[O-])n2)cc1. The number of rotatable bonds is 16. The van der Waals surface area contributed by atoms with Crippen molar-refractivity contribution in [2.75, 3.05) is 13.2 Å². The van der Waals surface area contributed by atoms with Gasteiger partial charge in [-0.05, 0) is 60.4 Å². The van der Waals surface area contributed by atoms with Crippen molar-refractivity contribution in [2.45, 2.75) is 89.9 Å². The molecule has 1 aromatic heterocycles. The Morgan fingerprint density at radius 1 is 0.978 bits per heavy atom. The van der Waals surface area contributed by atoms with Gasteiger partial charge >= 0.3 is 6.16 Å². The van der Waals surface area contributed by atoms with Crippen molar-refractivity contribution in [2.24, 2.45) is 4.99 Å². The molecule has 2 aliphatic rings. The lowest BCUT2D eigenvalue weighted by Crippen LogP contribution is -2.40. The molecule has 0 unspecified atom stereocenters. The third-order valence-electron chi connectivity index (χ3n) is 8.21. The predicted molar refractivity (Wildman–Crippen MR) is 167 cm³/mol. The summed E-state index contributed by atoms with van der Waals surface area (Å²) in [6.45, 7) is 2.49. The summed E-state index contributed by atoms with van der Waals surface area (Å²) < 4.78 is 10.1. The number of aromatic nitrogens is 4. The maximum absolute atomic E-state index is 13.5. The second-order valence-corrected chi connectivity index (χ2v) is 11.5. The third-order valence-corrected chi connectivity index (χ3v) is 8.21. The summed E-state index contributed by atoms with van der Waals surface area (Å²) in [6.07, 6.45) is 7.40. The molecule has 2 heterocycles. The number of unbranched alkanes of at least 4 members (excludes halogenated alkanes) is 3. The topological polar surface area (TPSA) is 164 Å². The van der Waals surface area contributed by atoms with E-state index in [1.807, 2.05) is 53.4 Å². The molecule has 1 saturated carbocycles. The van der Waals surface area contributed by atoms with Crippen molar-refractivity contribution in [3.8, 4) is 22.5 Å². The Hall–Kier alpha value is -4.88. The summed E-state index contributed by atoms with van der Waals surface area (Å²) >= 11 is 0. The van der Waals surface area contributed by atoms with E-state index >= 15 is 0 Å². The number of amides is 1. The van der Waals surface area contributed by atoms with Crippen LogP contribution in [0.15, 0.2) is 53.5 Å². The van der Waals surface area contributed by atoms with E-state index in [0.29, 0.717) is 31.6 Å². The van der Waals surface area contributed by atoms with E-state index in [-0.39, 0.29) is 25.9 Å². The summed E-state index contributed by atoms with van der Waals surface area (Å²) in [7, 11) is 0. The highest BCUT2D eigenvalue weighted by Crippen LogP contribution is 2.40. The van der Waals surface area contributed by atoms with Gasteiger partial charge in [-0.2, -0.15) is 0 Å². The smallest absolute Gasteiger partial charge is 0.434 e. The maximum atomic E-state index is 13.5. The zero-order valence-corrected chi connectivity index (χ0v) is 26.0. The quantitative estimate of drug-likeness (QED) is 0.0822. The Bertz CT molecular complexity index is 1530. The maximum Gasteiger partial charge on any atom is 0.510 e. The van der Waals surface area contributed by atoms with Crippen molar-refractivity contribution >= 4 is 17.9 Å². The normalized spacial score (nSPS) is 15.3. The molecule has 5 rings (SSSR count). The molecule has 14 nitrogen and oxygen atoms in total. The molecule has 1 fully saturated rings. The molecule has 46 heavy (non-hydrogen) atoms. The molecule has 0 radical (unpaired) electrons. The number of aliphatic imine (C=N–C) groups is 1. The number of carbonyl (C=O) groups is 2. The Morgan fingerprint density at radius 3 is 2.46 bits per heavy atom. The largest absolute Gasteiger partial charge is 0.510 e. The minimum Gasteiger partial charge on any atom is -0.434 e. The number of hydrogen-bond donors (Lipinski definition) is 0. The number of nitrogens with zero attached hydrogens (tertiary/aromatic N) is 7. The molecule has 1 spiro atoms. The summed E-state index contributed by atoms with van der Waals surface area (Å²) in [6, 6.07) is 15.8. The van der Waals surface area contributed by atoms with Crippen LogP contribution in [-0.4, -0.2) is 66.8 Å². The van der Waals surface area contributed by atoms with E-state index in [0.717, 1.165) is 77.8 Å². The van der Waals surface area contributed by atoms with E-state index in [4.69, 9.17) is 14.5 Å². The molecule has 1 amide bonds. The minimum absolute atomic E-state index is 0.00327. The van der Waals surface area contributed by atoms with Crippen molar-refractivity contribution in [3.63, 3.8) is 0 Å². The molecule has 1 aliphatic heterocycles. The Balaban J connectivity index is 1.17. The molecule has 244 valence electrons. The number of hydrogen-bond acceptors (Lipinski definition) is 11. The van der Waals surface area contributed by atoms with Crippen molar-refractivity contribution in [1.82, 2.24) is 25.1 Å². The van der Waals surface area contributed by atoms with E-state index in [9.17, 15) is 19.7 Å². The van der Waals surface area contributed by atoms with Crippen LogP contribution in [-0.2, 0) is 32.4 Å². The average Bonchev–Trinajstić information content (AvgIpc) is 3.80. The second-order valence-electron chi connectivity index (χ2n) is 11.5. The van der Waals surface area contributed by atoms with Crippen LogP contribution in [0, 0.1) is 10.1 Å². The van der Waals surface area contributed by atoms with Gasteiger partial charge in [-0.25, -0.2) is 4.79 Å². The molecule has 3 aromatic rings. The van der Waals surface area contributed by atoms with Gasteiger partial charge in [0.15, 0.2) is 0 Å². The van der Waals surface area contributed by atoms with Crippen LogP contribution in [0.4, 0.5) is 4.79 Å². The fourth-order valence-corrected chi connectivity index (χ4v) is 5.83. The fraction of sp³-hybridized carbons (Fsp3) is 0.500. The van der Waals surface area contributed by atoms with Crippen LogP contribution in [0.3, 0.4) is 0 Å². The van der Waals surface area contributed by atoms with Crippen molar-refractivity contribution in [3.05, 3.63) is 64.2 Å². The highest BCUT2D eigenvalue weighted by molar-refractivity contribution is 6.08. The van der Waals surface area contributed by atoms with E-state index in [1.54, 1.807) is 0 Å². The zero-order valence-electron chi connectivity index (χ0n) is 26.0. The van der Waals surface area contributed by atoms with Gasteiger partial charge in [0.2, 0.25) is 12.6 Å². The van der Waals surface area contributed by atoms with Crippen LogP contribution in [0.25, 0.3) is 22.5 Å². The predicted octanol–water partition coefficient (Wildman–Crippen LogP) is 5.74. The summed E-state index contributed by atoms with van der Waals surface area (Å²) in [5.74, 6) is 1.44. The van der Waals surface area contributed by atoms with Crippen LogP contribution < -0.4 is 0 Å².